The Morgan fingerprint density at radius 2 is 1.57 bits per heavy atom. The number of hydrogen-bond acceptors (Lipinski definition) is 6. The quantitative estimate of drug-likeness (QED) is 0.176. The van der Waals surface area contributed by atoms with Gasteiger partial charge in [-0.2, -0.15) is 13.2 Å². The molecule has 1 unspecified atom stereocenters. The number of alkyl halides is 3. The average Bonchev–Trinajstić information content (AvgIpc) is 2.64. The van der Waals surface area contributed by atoms with Crippen LogP contribution in [0.1, 0.15) is 37.3 Å². The molecule has 0 aliphatic heterocycles. The summed E-state index contributed by atoms with van der Waals surface area (Å²) in [5, 5.41) is 21.2. The number of carbonyl (C=O) groups excluding carboxylic acids is 2. The molecule has 30 heavy (non-hydrogen) atoms. The molecule has 0 bridgehead atoms. The van der Waals surface area contributed by atoms with Gasteiger partial charge in [0.15, 0.2) is 5.41 Å². The first-order valence-corrected chi connectivity index (χ1v) is 8.86. The Kier molecular flexibility index (Phi) is 11.4. The summed E-state index contributed by atoms with van der Waals surface area (Å²) >= 11 is 0. The van der Waals surface area contributed by atoms with Crippen molar-refractivity contribution in [3.05, 3.63) is 58.5 Å². The summed E-state index contributed by atoms with van der Waals surface area (Å²) in [4.78, 5) is 25.7. The molecule has 0 amide bonds. The maximum absolute atomic E-state index is 12.9. The van der Waals surface area contributed by atoms with Crippen LogP contribution in [0.25, 0.3) is 0 Å². The fraction of sp³-hybridized carbons (Fsp3) is 0.474. The van der Waals surface area contributed by atoms with Crippen molar-refractivity contribution in [2.75, 3.05) is 19.8 Å². The van der Waals surface area contributed by atoms with Crippen LogP contribution in [-0.2, 0) is 25.2 Å². The Hall–Kier alpha value is -1.83. The number of nitrogens with one attached hydrogen (secondary N) is 1. The smallest absolute Gasteiger partial charge is 0.633 e. The Labute approximate surface area is 184 Å². The SMILES string of the molecule is C=CCC(C(=O)OCC)(C(=O)OCC)C(C[NH+]([O-])[O-])c1ccc(C(F)(F)F)cc1.[Li+]. The maximum Gasteiger partial charge on any atom is 1.00 e. The minimum atomic E-state index is -4.61. The largest absolute Gasteiger partial charge is 1.00 e. The first kappa shape index (κ1) is 28.2. The molecule has 1 aromatic carbocycles. The molecule has 0 aliphatic rings. The van der Waals surface area contributed by atoms with E-state index in [0.29, 0.717) is 0 Å². The predicted octanol–water partition coefficient (Wildman–Crippen LogP) is -0.638. The minimum Gasteiger partial charge on any atom is -0.633 e. The summed E-state index contributed by atoms with van der Waals surface area (Å²) in [7, 11) is 0. The molecule has 0 saturated carbocycles. The molecule has 1 atom stereocenters. The van der Waals surface area contributed by atoms with E-state index < -0.39 is 46.8 Å². The van der Waals surface area contributed by atoms with E-state index in [-0.39, 0.29) is 44.1 Å². The average molecular weight is 425 g/mol. The first-order chi connectivity index (χ1) is 13.5. The Morgan fingerprint density at radius 1 is 1.10 bits per heavy atom. The zero-order valence-electron chi connectivity index (χ0n) is 17.1. The Balaban J connectivity index is 0.00000841. The summed E-state index contributed by atoms with van der Waals surface area (Å²) in [6.07, 6.45) is -3.73. The molecule has 0 heterocycles. The molecule has 0 fully saturated rings. The van der Waals surface area contributed by atoms with Gasteiger partial charge < -0.3 is 25.1 Å². The summed E-state index contributed by atoms with van der Waals surface area (Å²) in [5.41, 5.74) is -3.09. The van der Waals surface area contributed by atoms with Crippen LogP contribution in [0.3, 0.4) is 0 Å². The van der Waals surface area contributed by atoms with Gasteiger partial charge in [-0.25, -0.2) is 0 Å². The maximum atomic E-state index is 12.9. The van der Waals surface area contributed by atoms with E-state index in [9.17, 15) is 33.2 Å². The molecule has 0 saturated heterocycles. The van der Waals surface area contributed by atoms with Crippen LogP contribution >= 0.6 is 0 Å². The molecular formula is C19H23F3LiNO6. The molecule has 1 rings (SSSR count). The van der Waals surface area contributed by atoms with Gasteiger partial charge in [0.2, 0.25) is 0 Å². The fourth-order valence-electron chi connectivity index (χ4n) is 3.07. The first-order valence-electron chi connectivity index (χ1n) is 8.86. The molecule has 0 aromatic heterocycles. The Morgan fingerprint density at radius 3 is 1.90 bits per heavy atom. The van der Waals surface area contributed by atoms with Gasteiger partial charge in [-0.1, -0.05) is 18.2 Å². The van der Waals surface area contributed by atoms with E-state index in [1.54, 1.807) is 0 Å². The molecule has 1 aromatic rings. The predicted molar refractivity (Wildman–Crippen MR) is 97.3 cm³/mol. The van der Waals surface area contributed by atoms with Crippen molar-refractivity contribution >= 4 is 11.9 Å². The van der Waals surface area contributed by atoms with Gasteiger partial charge >= 0.3 is 37.0 Å². The van der Waals surface area contributed by atoms with Crippen molar-refractivity contribution < 1.29 is 56.3 Å². The zero-order valence-corrected chi connectivity index (χ0v) is 17.1. The third kappa shape index (κ3) is 6.59. The van der Waals surface area contributed by atoms with Crippen LogP contribution in [0.15, 0.2) is 36.9 Å². The van der Waals surface area contributed by atoms with E-state index >= 15 is 0 Å². The van der Waals surface area contributed by atoms with Gasteiger partial charge in [-0.15, -0.1) is 6.58 Å². The molecule has 11 heteroatoms. The molecule has 0 aliphatic carbocycles. The van der Waals surface area contributed by atoms with Gasteiger partial charge in [0, 0.05) is 0 Å². The number of hydrogen-bond donors (Lipinski definition) is 1. The number of benzene rings is 1. The van der Waals surface area contributed by atoms with E-state index in [1.165, 1.54) is 19.9 Å². The molecule has 7 nitrogen and oxygen atoms in total. The zero-order chi connectivity index (χ0) is 22.2. The van der Waals surface area contributed by atoms with Crippen molar-refractivity contribution in [3.8, 4) is 0 Å². The number of ether oxygens (including phenoxy) is 2. The third-order valence-corrected chi connectivity index (χ3v) is 4.35. The number of quaternary nitrogens is 1. The second-order valence-electron chi connectivity index (χ2n) is 6.15. The van der Waals surface area contributed by atoms with E-state index in [1.807, 2.05) is 0 Å². The fourth-order valence-corrected chi connectivity index (χ4v) is 3.07. The summed E-state index contributed by atoms with van der Waals surface area (Å²) in [5.74, 6) is -3.50. The number of hydroxylamine groups is 2. The van der Waals surface area contributed by atoms with Crippen LogP contribution < -0.4 is 24.1 Å². The van der Waals surface area contributed by atoms with Crippen LogP contribution in [0.4, 0.5) is 13.2 Å². The van der Waals surface area contributed by atoms with Crippen LogP contribution in [-0.4, -0.2) is 31.7 Å². The van der Waals surface area contributed by atoms with Crippen molar-refractivity contribution in [2.24, 2.45) is 5.41 Å². The van der Waals surface area contributed by atoms with E-state index in [0.717, 1.165) is 24.3 Å². The molecule has 0 radical (unpaired) electrons. The number of halogens is 3. The van der Waals surface area contributed by atoms with Gasteiger partial charge in [0.25, 0.3) is 0 Å². The van der Waals surface area contributed by atoms with Crippen molar-refractivity contribution in [2.45, 2.75) is 32.4 Å². The van der Waals surface area contributed by atoms with E-state index in [4.69, 9.17) is 9.47 Å². The second kappa shape index (κ2) is 12.1. The van der Waals surface area contributed by atoms with Crippen LogP contribution in [0.5, 0.6) is 0 Å². The standard InChI is InChI=1S/C19H23F3NO6.Li/c1-4-11-18(16(24)28-5-2,17(25)29-6-3)15(12-23(26)27)13-7-9-14(10-8-13)19(20,21)22;/h4,7-10,15,23H,1,5-6,11-12H2,2-3H3;/q-1;+1. The van der Waals surface area contributed by atoms with Gasteiger partial charge in [0.05, 0.1) is 31.2 Å². The van der Waals surface area contributed by atoms with Crippen molar-refractivity contribution in [1.82, 2.24) is 0 Å². The molecule has 0 spiro atoms. The summed E-state index contributed by atoms with van der Waals surface area (Å²) in [6.45, 7) is 5.45. The third-order valence-electron chi connectivity index (χ3n) is 4.35. The number of carbonyl (C=O) groups is 2. The van der Waals surface area contributed by atoms with Crippen LogP contribution in [0.2, 0.25) is 0 Å². The molecular weight excluding hydrogens is 402 g/mol. The van der Waals surface area contributed by atoms with Gasteiger partial charge in [-0.05, 0) is 38.0 Å². The number of allylic oxidation sites excluding steroid dienone is 1. The van der Waals surface area contributed by atoms with Crippen molar-refractivity contribution in [1.29, 1.82) is 0 Å². The van der Waals surface area contributed by atoms with Gasteiger partial charge in [0.1, 0.15) is 0 Å². The Bertz CT molecular complexity index is 691. The molecule has 1 N–H and O–H groups in total. The number of rotatable bonds is 10. The topological polar surface area (TPSA) is 103 Å². The monoisotopic (exact) mass is 425 g/mol. The number of esters is 2. The van der Waals surface area contributed by atoms with Crippen molar-refractivity contribution in [3.63, 3.8) is 0 Å². The summed E-state index contributed by atoms with van der Waals surface area (Å²) < 4.78 is 48.6. The van der Waals surface area contributed by atoms with Crippen LogP contribution in [0, 0.1) is 15.8 Å². The summed E-state index contributed by atoms with van der Waals surface area (Å²) in [6, 6.07) is 3.53. The molecule has 162 valence electrons. The van der Waals surface area contributed by atoms with Gasteiger partial charge in [-0.3, -0.25) is 9.59 Å². The minimum absolute atomic E-state index is 0. The second-order valence-corrected chi connectivity index (χ2v) is 6.15. The van der Waals surface area contributed by atoms with E-state index in [2.05, 4.69) is 6.58 Å². The normalized spacial score (nSPS) is 12.7.